The standard InChI is InChI=1S/C22H21NO4S/c1-17-7-13-21(14-8-17)28(25,26)16-15-22(24)23-18-9-11-20(12-10-18)27-19-5-3-2-4-6-19/h2-14H,15-16H2,1H3,(H,23,24). The summed E-state index contributed by atoms with van der Waals surface area (Å²) >= 11 is 0. The summed E-state index contributed by atoms with van der Waals surface area (Å²) in [4.78, 5) is 12.3. The van der Waals surface area contributed by atoms with Gasteiger partial charge in [0, 0.05) is 12.1 Å². The van der Waals surface area contributed by atoms with Gasteiger partial charge < -0.3 is 10.1 Å². The van der Waals surface area contributed by atoms with E-state index in [0.717, 1.165) is 11.3 Å². The number of rotatable bonds is 7. The van der Waals surface area contributed by atoms with Crippen LogP contribution in [0.3, 0.4) is 0 Å². The fraction of sp³-hybridized carbons (Fsp3) is 0.136. The van der Waals surface area contributed by atoms with Crippen molar-refractivity contribution in [1.82, 2.24) is 0 Å². The van der Waals surface area contributed by atoms with Crippen molar-refractivity contribution in [3.8, 4) is 11.5 Å². The van der Waals surface area contributed by atoms with Gasteiger partial charge in [-0.05, 0) is 55.5 Å². The number of nitrogens with one attached hydrogen (secondary N) is 1. The molecule has 0 aromatic heterocycles. The van der Waals surface area contributed by atoms with Crippen molar-refractivity contribution in [3.63, 3.8) is 0 Å². The number of ether oxygens (including phenoxy) is 1. The van der Waals surface area contributed by atoms with Crippen LogP contribution in [0.1, 0.15) is 12.0 Å². The summed E-state index contributed by atoms with van der Waals surface area (Å²) in [5.74, 6) is 0.774. The lowest BCUT2D eigenvalue weighted by Gasteiger charge is -2.09. The first-order chi connectivity index (χ1) is 13.4. The quantitative estimate of drug-likeness (QED) is 0.635. The van der Waals surface area contributed by atoms with Crippen molar-refractivity contribution in [2.75, 3.05) is 11.1 Å². The van der Waals surface area contributed by atoms with Crippen molar-refractivity contribution < 1.29 is 17.9 Å². The average molecular weight is 395 g/mol. The fourth-order valence-corrected chi connectivity index (χ4v) is 3.79. The molecule has 0 saturated heterocycles. The van der Waals surface area contributed by atoms with Gasteiger partial charge in [-0.3, -0.25) is 4.79 Å². The van der Waals surface area contributed by atoms with E-state index in [4.69, 9.17) is 4.74 Å². The maximum absolute atomic E-state index is 12.3. The molecule has 3 aromatic carbocycles. The van der Waals surface area contributed by atoms with Crippen LogP contribution in [0.15, 0.2) is 83.8 Å². The molecule has 6 heteroatoms. The molecule has 0 radical (unpaired) electrons. The number of carbonyl (C=O) groups excluding carboxylic acids is 1. The van der Waals surface area contributed by atoms with Gasteiger partial charge in [-0.25, -0.2) is 8.42 Å². The van der Waals surface area contributed by atoms with E-state index in [2.05, 4.69) is 5.32 Å². The summed E-state index contributed by atoms with van der Waals surface area (Å²) in [7, 11) is -3.49. The topological polar surface area (TPSA) is 72.5 Å². The zero-order valence-corrected chi connectivity index (χ0v) is 16.3. The van der Waals surface area contributed by atoms with E-state index in [1.165, 1.54) is 0 Å². The van der Waals surface area contributed by atoms with E-state index in [1.54, 1.807) is 48.5 Å². The molecule has 0 aliphatic rings. The van der Waals surface area contributed by atoms with Crippen molar-refractivity contribution in [2.24, 2.45) is 0 Å². The molecule has 1 N–H and O–H groups in total. The molecular formula is C22H21NO4S. The second-order valence-electron chi connectivity index (χ2n) is 6.37. The van der Waals surface area contributed by atoms with E-state index in [-0.39, 0.29) is 23.0 Å². The molecule has 5 nitrogen and oxygen atoms in total. The minimum Gasteiger partial charge on any atom is -0.457 e. The van der Waals surface area contributed by atoms with Gasteiger partial charge in [0.05, 0.1) is 10.6 Å². The Hall–Kier alpha value is -3.12. The van der Waals surface area contributed by atoms with Gasteiger partial charge in [0.25, 0.3) is 0 Å². The second kappa shape index (κ2) is 8.71. The largest absolute Gasteiger partial charge is 0.457 e. The number of carbonyl (C=O) groups is 1. The molecule has 0 fully saturated rings. The van der Waals surface area contributed by atoms with Gasteiger partial charge in [0.1, 0.15) is 11.5 Å². The number of hydrogen-bond donors (Lipinski definition) is 1. The Morgan fingerprint density at radius 1 is 0.857 bits per heavy atom. The molecule has 0 bridgehead atoms. The number of hydrogen-bond acceptors (Lipinski definition) is 4. The Balaban J connectivity index is 1.54. The Labute approximate surface area is 164 Å². The Bertz CT molecular complexity index is 1030. The SMILES string of the molecule is Cc1ccc(S(=O)(=O)CCC(=O)Nc2ccc(Oc3ccccc3)cc2)cc1. The van der Waals surface area contributed by atoms with Crippen LogP contribution < -0.4 is 10.1 Å². The lowest BCUT2D eigenvalue weighted by molar-refractivity contribution is -0.115. The number of aryl methyl sites for hydroxylation is 1. The van der Waals surface area contributed by atoms with Crippen LogP contribution in [0, 0.1) is 6.92 Å². The minimum absolute atomic E-state index is 0.113. The molecule has 0 aliphatic carbocycles. The molecule has 0 unspecified atom stereocenters. The second-order valence-corrected chi connectivity index (χ2v) is 8.48. The zero-order chi connectivity index (χ0) is 20.0. The highest BCUT2D eigenvalue weighted by atomic mass is 32.2. The molecule has 144 valence electrons. The molecule has 0 atom stereocenters. The van der Waals surface area contributed by atoms with Gasteiger partial charge in [-0.1, -0.05) is 35.9 Å². The van der Waals surface area contributed by atoms with Crippen molar-refractivity contribution in [2.45, 2.75) is 18.2 Å². The first kappa shape index (κ1) is 19.6. The molecule has 3 rings (SSSR count). The summed E-state index contributed by atoms with van der Waals surface area (Å²) < 4.78 is 30.3. The van der Waals surface area contributed by atoms with E-state index >= 15 is 0 Å². The van der Waals surface area contributed by atoms with Gasteiger partial charge in [0.15, 0.2) is 9.84 Å². The highest BCUT2D eigenvalue weighted by molar-refractivity contribution is 7.91. The lowest BCUT2D eigenvalue weighted by Crippen LogP contribution is -2.17. The highest BCUT2D eigenvalue weighted by Crippen LogP contribution is 2.22. The minimum atomic E-state index is -3.49. The highest BCUT2D eigenvalue weighted by Gasteiger charge is 2.16. The van der Waals surface area contributed by atoms with Crippen LogP contribution in [0.2, 0.25) is 0 Å². The van der Waals surface area contributed by atoms with E-state index in [1.807, 2.05) is 37.3 Å². The summed E-state index contributed by atoms with van der Waals surface area (Å²) in [6.45, 7) is 1.89. The fourth-order valence-electron chi connectivity index (χ4n) is 2.54. The molecule has 28 heavy (non-hydrogen) atoms. The number of para-hydroxylation sites is 1. The Morgan fingerprint density at radius 2 is 1.46 bits per heavy atom. The van der Waals surface area contributed by atoms with Crippen molar-refractivity contribution >= 4 is 21.4 Å². The first-order valence-corrected chi connectivity index (χ1v) is 10.5. The first-order valence-electron chi connectivity index (χ1n) is 8.85. The van der Waals surface area contributed by atoms with Gasteiger partial charge in [-0.2, -0.15) is 0 Å². The predicted octanol–water partition coefficient (Wildman–Crippen LogP) is 4.59. The van der Waals surface area contributed by atoms with Gasteiger partial charge in [0.2, 0.25) is 5.91 Å². The van der Waals surface area contributed by atoms with Crippen LogP contribution in [0.25, 0.3) is 0 Å². The van der Waals surface area contributed by atoms with Crippen LogP contribution in [0.4, 0.5) is 5.69 Å². The molecular weight excluding hydrogens is 374 g/mol. The van der Waals surface area contributed by atoms with Crippen molar-refractivity contribution in [3.05, 3.63) is 84.4 Å². The number of sulfone groups is 1. The molecule has 1 amide bonds. The van der Waals surface area contributed by atoms with Crippen LogP contribution >= 0.6 is 0 Å². The van der Waals surface area contributed by atoms with Crippen LogP contribution in [0.5, 0.6) is 11.5 Å². The smallest absolute Gasteiger partial charge is 0.225 e. The van der Waals surface area contributed by atoms with Crippen molar-refractivity contribution in [1.29, 1.82) is 0 Å². The summed E-state index contributed by atoms with van der Waals surface area (Å²) in [6, 6.07) is 22.9. The van der Waals surface area contributed by atoms with Gasteiger partial charge in [-0.15, -0.1) is 0 Å². The third-order valence-electron chi connectivity index (χ3n) is 4.09. The predicted molar refractivity (Wildman–Crippen MR) is 109 cm³/mol. The molecule has 3 aromatic rings. The lowest BCUT2D eigenvalue weighted by atomic mass is 10.2. The number of benzene rings is 3. The summed E-state index contributed by atoms with van der Waals surface area (Å²) in [5, 5.41) is 2.71. The van der Waals surface area contributed by atoms with E-state index in [9.17, 15) is 13.2 Å². The Kier molecular flexibility index (Phi) is 6.11. The normalized spacial score (nSPS) is 11.0. The monoisotopic (exact) mass is 395 g/mol. The summed E-state index contributed by atoms with van der Waals surface area (Å²) in [6.07, 6.45) is -0.113. The van der Waals surface area contributed by atoms with Gasteiger partial charge >= 0.3 is 0 Å². The van der Waals surface area contributed by atoms with E-state index in [0.29, 0.717) is 11.4 Å². The number of amides is 1. The molecule has 0 spiro atoms. The number of anilines is 1. The maximum Gasteiger partial charge on any atom is 0.225 e. The average Bonchev–Trinajstić information content (AvgIpc) is 2.69. The third kappa shape index (κ3) is 5.44. The Morgan fingerprint density at radius 3 is 2.11 bits per heavy atom. The van der Waals surface area contributed by atoms with Crippen LogP contribution in [-0.4, -0.2) is 20.1 Å². The molecule has 0 saturated carbocycles. The molecule has 0 heterocycles. The van der Waals surface area contributed by atoms with E-state index < -0.39 is 9.84 Å². The van der Waals surface area contributed by atoms with Crippen LogP contribution in [-0.2, 0) is 14.6 Å². The molecule has 0 aliphatic heterocycles. The zero-order valence-electron chi connectivity index (χ0n) is 15.5. The summed E-state index contributed by atoms with van der Waals surface area (Å²) in [5.41, 5.74) is 1.56. The maximum atomic E-state index is 12.3. The third-order valence-corrected chi connectivity index (χ3v) is 5.83.